The Morgan fingerprint density at radius 2 is 2.06 bits per heavy atom. The number of carbonyl (C=O) groups excluding carboxylic acids is 2. The molecule has 92 valence electrons. The maximum Gasteiger partial charge on any atom is 0.412 e. The van der Waals surface area contributed by atoms with Crippen molar-refractivity contribution in [2.24, 2.45) is 0 Å². The maximum absolute atomic E-state index is 11.5. The van der Waals surface area contributed by atoms with Gasteiger partial charge in [0.15, 0.2) is 6.29 Å². The van der Waals surface area contributed by atoms with Crippen LogP contribution in [0.2, 0.25) is 0 Å². The summed E-state index contributed by atoms with van der Waals surface area (Å²) in [5.74, 6) is 0. The summed E-state index contributed by atoms with van der Waals surface area (Å²) in [4.78, 5) is 22.3. The van der Waals surface area contributed by atoms with E-state index in [1.54, 1.807) is 39.0 Å². The van der Waals surface area contributed by atoms with Crippen molar-refractivity contribution >= 4 is 34.0 Å². The predicted molar refractivity (Wildman–Crippen MR) is 69.4 cm³/mol. The lowest BCUT2D eigenvalue weighted by Gasteiger charge is -2.20. The van der Waals surface area contributed by atoms with E-state index in [0.717, 1.165) is 4.47 Å². The Kier molecular flexibility index (Phi) is 4.28. The smallest absolute Gasteiger partial charge is 0.412 e. The van der Waals surface area contributed by atoms with Crippen LogP contribution in [0, 0.1) is 0 Å². The molecule has 0 radical (unpaired) electrons. The lowest BCUT2D eigenvalue weighted by Crippen LogP contribution is -2.27. The van der Waals surface area contributed by atoms with Gasteiger partial charge >= 0.3 is 6.09 Å². The van der Waals surface area contributed by atoms with Gasteiger partial charge in [0.05, 0.1) is 5.69 Å². The van der Waals surface area contributed by atoms with Gasteiger partial charge in [-0.1, -0.05) is 15.9 Å². The van der Waals surface area contributed by atoms with E-state index in [4.69, 9.17) is 4.74 Å². The Hall–Kier alpha value is -1.36. The Bertz CT molecular complexity index is 438. The molecular formula is C12H14BrNO3. The van der Waals surface area contributed by atoms with Gasteiger partial charge in [-0.15, -0.1) is 0 Å². The van der Waals surface area contributed by atoms with Crippen molar-refractivity contribution in [2.45, 2.75) is 26.4 Å². The predicted octanol–water partition coefficient (Wildman–Crippen LogP) is 3.61. The van der Waals surface area contributed by atoms with E-state index in [1.165, 1.54) is 0 Å². The Labute approximate surface area is 108 Å². The minimum Gasteiger partial charge on any atom is -0.444 e. The third kappa shape index (κ3) is 4.56. The van der Waals surface area contributed by atoms with Crippen molar-refractivity contribution in [3.05, 3.63) is 28.2 Å². The summed E-state index contributed by atoms with van der Waals surface area (Å²) >= 11 is 3.27. The van der Waals surface area contributed by atoms with Crippen molar-refractivity contribution in [1.82, 2.24) is 0 Å². The fraction of sp³-hybridized carbons (Fsp3) is 0.333. The van der Waals surface area contributed by atoms with Crippen LogP contribution in [0.25, 0.3) is 0 Å². The third-order valence-electron chi connectivity index (χ3n) is 1.78. The zero-order chi connectivity index (χ0) is 13.1. The monoisotopic (exact) mass is 299 g/mol. The van der Waals surface area contributed by atoms with Gasteiger partial charge in [-0.25, -0.2) is 4.79 Å². The number of aldehydes is 1. The first-order chi connectivity index (χ1) is 7.81. The molecule has 0 atom stereocenters. The number of benzene rings is 1. The van der Waals surface area contributed by atoms with E-state index in [-0.39, 0.29) is 0 Å². The fourth-order valence-corrected chi connectivity index (χ4v) is 1.51. The van der Waals surface area contributed by atoms with Gasteiger partial charge in [0.2, 0.25) is 0 Å². The number of amides is 1. The summed E-state index contributed by atoms with van der Waals surface area (Å²) in [6.45, 7) is 5.32. The number of nitrogens with one attached hydrogen (secondary N) is 1. The molecule has 17 heavy (non-hydrogen) atoms. The number of hydrogen-bond acceptors (Lipinski definition) is 3. The van der Waals surface area contributed by atoms with Crippen molar-refractivity contribution in [1.29, 1.82) is 0 Å². The molecule has 0 bridgehead atoms. The second-order valence-electron chi connectivity index (χ2n) is 4.48. The SMILES string of the molecule is CC(C)(C)OC(=O)Nc1cc(Br)ccc1C=O. The molecule has 0 saturated carbocycles. The molecule has 0 fully saturated rings. The highest BCUT2D eigenvalue weighted by molar-refractivity contribution is 9.10. The highest BCUT2D eigenvalue weighted by Crippen LogP contribution is 2.21. The van der Waals surface area contributed by atoms with Crippen molar-refractivity contribution in [2.75, 3.05) is 5.32 Å². The van der Waals surface area contributed by atoms with E-state index < -0.39 is 11.7 Å². The molecule has 1 amide bonds. The van der Waals surface area contributed by atoms with Crippen LogP contribution in [0.15, 0.2) is 22.7 Å². The standard InChI is InChI=1S/C12H14BrNO3/c1-12(2,3)17-11(16)14-10-6-9(13)5-4-8(10)7-15/h4-7H,1-3H3,(H,14,16). The molecule has 0 aliphatic carbocycles. The molecule has 0 aliphatic heterocycles. The van der Waals surface area contributed by atoms with Crippen molar-refractivity contribution < 1.29 is 14.3 Å². The Morgan fingerprint density at radius 3 is 2.59 bits per heavy atom. The molecule has 1 aromatic carbocycles. The average Bonchev–Trinajstić information content (AvgIpc) is 2.14. The van der Waals surface area contributed by atoms with Crippen LogP contribution in [0.1, 0.15) is 31.1 Å². The van der Waals surface area contributed by atoms with Gasteiger partial charge in [-0.2, -0.15) is 0 Å². The van der Waals surface area contributed by atoms with Crippen molar-refractivity contribution in [3.63, 3.8) is 0 Å². The Morgan fingerprint density at radius 1 is 1.41 bits per heavy atom. The van der Waals surface area contributed by atoms with Gasteiger partial charge in [-0.05, 0) is 39.0 Å². The van der Waals surface area contributed by atoms with Crippen LogP contribution >= 0.6 is 15.9 Å². The zero-order valence-corrected chi connectivity index (χ0v) is 11.5. The summed E-state index contributed by atoms with van der Waals surface area (Å²) in [5, 5.41) is 2.54. The second kappa shape index (κ2) is 5.31. The van der Waals surface area contributed by atoms with Crippen LogP contribution in [-0.4, -0.2) is 18.0 Å². The largest absolute Gasteiger partial charge is 0.444 e. The van der Waals surface area contributed by atoms with Crippen LogP contribution in [-0.2, 0) is 4.74 Å². The van der Waals surface area contributed by atoms with Gasteiger partial charge in [-0.3, -0.25) is 10.1 Å². The molecular weight excluding hydrogens is 286 g/mol. The fourth-order valence-electron chi connectivity index (χ4n) is 1.15. The zero-order valence-electron chi connectivity index (χ0n) is 9.91. The summed E-state index contributed by atoms with van der Waals surface area (Å²) in [6.07, 6.45) is 0.0952. The molecule has 4 nitrogen and oxygen atoms in total. The number of rotatable bonds is 2. The van der Waals surface area contributed by atoms with E-state index >= 15 is 0 Å². The highest BCUT2D eigenvalue weighted by atomic mass is 79.9. The number of ether oxygens (including phenoxy) is 1. The molecule has 0 unspecified atom stereocenters. The number of anilines is 1. The van der Waals surface area contributed by atoms with Gasteiger partial charge in [0.1, 0.15) is 5.60 Å². The maximum atomic E-state index is 11.5. The van der Waals surface area contributed by atoms with Crippen LogP contribution in [0.3, 0.4) is 0 Å². The summed E-state index contributed by atoms with van der Waals surface area (Å²) < 4.78 is 5.87. The minimum atomic E-state index is -0.585. The van der Waals surface area contributed by atoms with E-state index in [9.17, 15) is 9.59 Å². The number of halogens is 1. The quantitative estimate of drug-likeness (QED) is 0.849. The topological polar surface area (TPSA) is 55.4 Å². The first-order valence-electron chi connectivity index (χ1n) is 5.06. The summed E-state index contributed by atoms with van der Waals surface area (Å²) in [7, 11) is 0. The van der Waals surface area contributed by atoms with Crippen LogP contribution in [0.5, 0.6) is 0 Å². The lowest BCUT2D eigenvalue weighted by molar-refractivity contribution is 0.0636. The molecule has 1 rings (SSSR count). The Balaban J connectivity index is 2.84. The summed E-state index contributed by atoms with van der Waals surface area (Å²) in [5.41, 5.74) is 0.250. The van der Waals surface area contributed by atoms with Crippen LogP contribution in [0.4, 0.5) is 10.5 Å². The molecule has 0 heterocycles. The van der Waals surface area contributed by atoms with Crippen molar-refractivity contribution in [3.8, 4) is 0 Å². The molecule has 0 spiro atoms. The first-order valence-corrected chi connectivity index (χ1v) is 5.86. The lowest BCUT2D eigenvalue weighted by atomic mass is 10.2. The van der Waals surface area contributed by atoms with Crippen LogP contribution < -0.4 is 5.32 Å². The second-order valence-corrected chi connectivity index (χ2v) is 5.39. The summed E-state index contributed by atoms with van der Waals surface area (Å²) in [6, 6.07) is 4.99. The normalized spacial score (nSPS) is 10.8. The van der Waals surface area contributed by atoms with Gasteiger partial charge < -0.3 is 4.74 Å². The van der Waals surface area contributed by atoms with Gasteiger partial charge in [0.25, 0.3) is 0 Å². The first kappa shape index (κ1) is 13.7. The third-order valence-corrected chi connectivity index (χ3v) is 2.27. The average molecular weight is 300 g/mol. The van der Waals surface area contributed by atoms with E-state index in [2.05, 4.69) is 21.2 Å². The van der Waals surface area contributed by atoms with Gasteiger partial charge in [0, 0.05) is 10.0 Å². The molecule has 0 aromatic heterocycles. The van der Waals surface area contributed by atoms with E-state index in [1.807, 2.05) is 0 Å². The molecule has 1 aromatic rings. The molecule has 5 heteroatoms. The number of carbonyl (C=O) groups is 2. The number of hydrogen-bond donors (Lipinski definition) is 1. The molecule has 0 saturated heterocycles. The highest BCUT2D eigenvalue weighted by Gasteiger charge is 2.17. The minimum absolute atomic E-state index is 0.402. The molecule has 0 aliphatic rings. The van der Waals surface area contributed by atoms with E-state index in [0.29, 0.717) is 17.5 Å². The molecule has 1 N–H and O–H groups in total.